The number of aryl methyl sites for hydroxylation is 1. The van der Waals surface area contributed by atoms with Crippen LogP contribution in [0, 0.1) is 6.92 Å². The first-order chi connectivity index (χ1) is 12.7. The van der Waals surface area contributed by atoms with Crippen molar-refractivity contribution in [1.82, 2.24) is 35.4 Å². The van der Waals surface area contributed by atoms with Crippen molar-refractivity contribution >= 4 is 11.7 Å². The molecule has 136 valence electrons. The number of fused-ring (bicyclic) bond motifs is 1. The molecule has 1 aliphatic rings. The fraction of sp³-hybridized carbons (Fsp3) is 0.438. The van der Waals surface area contributed by atoms with Gasteiger partial charge in [-0.1, -0.05) is 5.16 Å². The monoisotopic (exact) mass is 357 g/mol. The zero-order valence-corrected chi connectivity index (χ0v) is 14.3. The van der Waals surface area contributed by atoms with E-state index in [1.165, 1.54) is 0 Å². The van der Waals surface area contributed by atoms with Gasteiger partial charge in [0.15, 0.2) is 17.3 Å². The minimum Gasteiger partial charge on any atom is -0.376 e. The van der Waals surface area contributed by atoms with Crippen LogP contribution in [0.2, 0.25) is 0 Å². The Balaban J connectivity index is 1.43. The Kier molecular flexibility index (Phi) is 4.48. The van der Waals surface area contributed by atoms with E-state index in [4.69, 9.17) is 9.26 Å². The average molecular weight is 357 g/mol. The molecule has 0 radical (unpaired) electrons. The Morgan fingerprint density at radius 1 is 1.38 bits per heavy atom. The van der Waals surface area contributed by atoms with Gasteiger partial charge >= 0.3 is 6.03 Å². The molecule has 3 aromatic heterocycles. The van der Waals surface area contributed by atoms with Crippen LogP contribution in [0.5, 0.6) is 0 Å². The first kappa shape index (κ1) is 16.5. The number of pyridine rings is 1. The van der Waals surface area contributed by atoms with E-state index in [2.05, 4.69) is 31.0 Å². The van der Waals surface area contributed by atoms with E-state index in [0.29, 0.717) is 35.3 Å². The highest BCUT2D eigenvalue weighted by Crippen LogP contribution is 2.22. The minimum atomic E-state index is -0.263. The Labute approximate surface area is 148 Å². The fourth-order valence-electron chi connectivity index (χ4n) is 2.89. The molecule has 2 N–H and O–H groups in total. The summed E-state index contributed by atoms with van der Waals surface area (Å²) in [6, 6.07) is 3.41. The summed E-state index contributed by atoms with van der Waals surface area (Å²) >= 11 is 0. The van der Waals surface area contributed by atoms with Gasteiger partial charge in [-0.05, 0) is 31.9 Å². The third-order valence-corrected chi connectivity index (χ3v) is 4.18. The standard InChI is InChI=1S/C16H19N7O3/c1-10-19-15(26-22-10)12-5-2-6-23-13(20-21-14(12)23)9-18-16(24)17-8-11-4-3-7-25-11/h2,5-6,11H,3-4,7-9H2,1H3,(H2,17,18,24). The van der Waals surface area contributed by atoms with Crippen LogP contribution in [0.4, 0.5) is 4.79 Å². The van der Waals surface area contributed by atoms with Crippen LogP contribution >= 0.6 is 0 Å². The molecule has 0 spiro atoms. The summed E-state index contributed by atoms with van der Waals surface area (Å²) in [6.07, 6.45) is 3.95. The number of rotatable bonds is 5. The largest absolute Gasteiger partial charge is 0.376 e. The number of nitrogens with zero attached hydrogens (tertiary/aromatic N) is 5. The van der Waals surface area contributed by atoms with Crippen LogP contribution in [-0.2, 0) is 11.3 Å². The molecular formula is C16H19N7O3. The lowest BCUT2D eigenvalue weighted by molar-refractivity contribution is 0.111. The number of amides is 2. The summed E-state index contributed by atoms with van der Waals surface area (Å²) in [5.74, 6) is 1.53. The maximum Gasteiger partial charge on any atom is 0.315 e. The predicted octanol–water partition coefficient (Wildman–Crippen LogP) is 1.07. The van der Waals surface area contributed by atoms with Crippen LogP contribution in [-0.4, -0.2) is 50.0 Å². The van der Waals surface area contributed by atoms with E-state index >= 15 is 0 Å². The molecule has 26 heavy (non-hydrogen) atoms. The molecular weight excluding hydrogens is 338 g/mol. The molecule has 0 aliphatic carbocycles. The van der Waals surface area contributed by atoms with Crippen LogP contribution in [0.3, 0.4) is 0 Å². The summed E-state index contributed by atoms with van der Waals surface area (Å²) in [4.78, 5) is 16.2. The summed E-state index contributed by atoms with van der Waals surface area (Å²) in [5, 5.41) is 17.7. The first-order valence-corrected chi connectivity index (χ1v) is 8.47. The van der Waals surface area contributed by atoms with Crippen molar-refractivity contribution in [1.29, 1.82) is 0 Å². The Morgan fingerprint density at radius 3 is 3.08 bits per heavy atom. The van der Waals surface area contributed by atoms with E-state index in [1.54, 1.807) is 11.3 Å². The van der Waals surface area contributed by atoms with Crippen LogP contribution in [0.15, 0.2) is 22.9 Å². The number of hydrogen-bond donors (Lipinski definition) is 2. The second-order valence-corrected chi connectivity index (χ2v) is 6.08. The molecule has 10 nitrogen and oxygen atoms in total. The van der Waals surface area contributed by atoms with Gasteiger partial charge in [-0.15, -0.1) is 10.2 Å². The molecule has 1 aliphatic heterocycles. The summed E-state index contributed by atoms with van der Waals surface area (Å²) in [7, 11) is 0. The third kappa shape index (κ3) is 3.36. The Morgan fingerprint density at radius 2 is 2.31 bits per heavy atom. The van der Waals surface area contributed by atoms with E-state index in [-0.39, 0.29) is 18.7 Å². The zero-order valence-electron chi connectivity index (χ0n) is 14.3. The number of hydrogen-bond acceptors (Lipinski definition) is 7. The highest BCUT2D eigenvalue weighted by atomic mass is 16.5. The summed E-state index contributed by atoms with van der Waals surface area (Å²) in [5.41, 5.74) is 1.28. The lowest BCUT2D eigenvalue weighted by Gasteiger charge is -2.11. The third-order valence-electron chi connectivity index (χ3n) is 4.18. The molecule has 1 unspecified atom stereocenters. The number of ether oxygens (including phenoxy) is 1. The molecule has 4 rings (SSSR count). The molecule has 3 aromatic rings. The summed E-state index contributed by atoms with van der Waals surface area (Å²) in [6.45, 7) is 3.26. The van der Waals surface area contributed by atoms with E-state index in [1.807, 2.05) is 18.3 Å². The topological polar surface area (TPSA) is 119 Å². The molecule has 1 fully saturated rings. The quantitative estimate of drug-likeness (QED) is 0.701. The summed E-state index contributed by atoms with van der Waals surface area (Å²) < 4.78 is 12.5. The second-order valence-electron chi connectivity index (χ2n) is 6.08. The van der Waals surface area contributed by atoms with Gasteiger partial charge in [0.2, 0.25) is 0 Å². The van der Waals surface area contributed by atoms with Gasteiger partial charge in [-0.25, -0.2) is 4.79 Å². The molecule has 4 heterocycles. The van der Waals surface area contributed by atoms with Gasteiger partial charge in [0.05, 0.1) is 18.2 Å². The number of urea groups is 1. The lowest BCUT2D eigenvalue weighted by Crippen LogP contribution is -2.39. The molecule has 0 aromatic carbocycles. The van der Waals surface area contributed by atoms with Gasteiger partial charge in [0, 0.05) is 19.3 Å². The van der Waals surface area contributed by atoms with Crippen molar-refractivity contribution in [2.45, 2.75) is 32.4 Å². The lowest BCUT2D eigenvalue weighted by atomic mass is 10.2. The normalized spacial score (nSPS) is 16.9. The Bertz CT molecular complexity index is 914. The number of nitrogens with one attached hydrogen (secondary N) is 2. The van der Waals surface area contributed by atoms with E-state index < -0.39 is 0 Å². The van der Waals surface area contributed by atoms with Crippen LogP contribution in [0.25, 0.3) is 17.1 Å². The molecule has 10 heteroatoms. The van der Waals surface area contributed by atoms with Crippen molar-refractivity contribution in [3.05, 3.63) is 30.0 Å². The number of carbonyl (C=O) groups excluding carboxylic acids is 1. The average Bonchev–Trinajstić information content (AvgIpc) is 3.38. The van der Waals surface area contributed by atoms with Gasteiger partial charge in [-0.3, -0.25) is 4.40 Å². The second kappa shape index (κ2) is 7.08. The van der Waals surface area contributed by atoms with Crippen molar-refractivity contribution in [2.75, 3.05) is 13.2 Å². The van der Waals surface area contributed by atoms with Gasteiger partial charge in [0.25, 0.3) is 5.89 Å². The Hall–Kier alpha value is -3.01. The maximum atomic E-state index is 12.0. The van der Waals surface area contributed by atoms with Crippen molar-refractivity contribution in [3.63, 3.8) is 0 Å². The molecule has 0 bridgehead atoms. The maximum absolute atomic E-state index is 12.0. The van der Waals surface area contributed by atoms with Gasteiger partial charge < -0.3 is 19.9 Å². The van der Waals surface area contributed by atoms with Crippen LogP contribution in [0.1, 0.15) is 24.5 Å². The molecule has 1 atom stereocenters. The highest BCUT2D eigenvalue weighted by molar-refractivity contribution is 5.74. The smallest absolute Gasteiger partial charge is 0.315 e. The molecule has 2 amide bonds. The zero-order chi connectivity index (χ0) is 17.9. The predicted molar refractivity (Wildman–Crippen MR) is 90.2 cm³/mol. The number of aromatic nitrogens is 5. The van der Waals surface area contributed by atoms with Crippen LogP contribution < -0.4 is 10.6 Å². The number of carbonyl (C=O) groups is 1. The van der Waals surface area contributed by atoms with Crippen molar-refractivity contribution in [2.24, 2.45) is 0 Å². The van der Waals surface area contributed by atoms with E-state index in [9.17, 15) is 4.79 Å². The minimum absolute atomic E-state index is 0.107. The fourth-order valence-corrected chi connectivity index (χ4v) is 2.89. The first-order valence-electron chi connectivity index (χ1n) is 8.47. The van der Waals surface area contributed by atoms with Crippen molar-refractivity contribution < 1.29 is 14.1 Å². The van der Waals surface area contributed by atoms with E-state index in [0.717, 1.165) is 19.4 Å². The highest BCUT2D eigenvalue weighted by Gasteiger charge is 2.17. The van der Waals surface area contributed by atoms with Crippen molar-refractivity contribution in [3.8, 4) is 11.5 Å². The molecule has 1 saturated heterocycles. The molecule has 0 saturated carbocycles. The van der Waals surface area contributed by atoms with Gasteiger partial charge in [-0.2, -0.15) is 4.98 Å². The SMILES string of the molecule is Cc1noc(-c2cccn3c(CNC(=O)NCC4CCCO4)nnc23)n1. The van der Waals surface area contributed by atoms with Gasteiger partial charge in [0.1, 0.15) is 0 Å².